The standard InChI is InChI=1S/C20H22N4O2/c1-14-5-4-6-19(15(14)2)26-11-20(25)23-16(3)17-7-9-18(10-8-17)24-13-21-12-22-24/h4-10,12-13,16H,11H2,1-3H3,(H,23,25). The van der Waals surface area contributed by atoms with Crippen LogP contribution in [0.2, 0.25) is 0 Å². The van der Waals surface area contributed by atoms with Crippen LogP contribution >= 0.6 is 0 Å². The average molecular weight is 350 g/mol. The minimum atomic E-state index is -0.154. The number of aromatic nitrogens is 3. The predicted molar refractivity (Wildman–Crippen MR) is 99.3 cm³/mol. The van der Waals surface area contributed by atoms with Crippen molar-refractivity contribution in [2.45, 2.75) is 26.8 Å². The second-order valence-electron chi connectivity index (χ2n) is 6.21. The normalized spacial score (nSPS) is 11.8. The maximum absolute atomic E-state index is 12.2. The first-order valence-electron chi connectivity index (χ1n) is 8.48. The van der Waals surface area contributed by atoms with Crippen LogP contribution in [-0.4, -0.2) is 27.3 Å². The number of carbonyl (C=O) groups excluding carboxylic acids is 1. The number of carbonyl (C=O) groups is 1. The van der Waals surface area contributed by atoms with E-state index in [1.165, 1.54) is 6.33 Å². The Bertz CT molecular complexity index is 873. The third-order valence-corrected chi connectivity index (χ3v) is 4.37. The highest BCUT2D eigenvalue weighted by atomic mass is 16.5. The Labute approximate surface area is 152 Å². The molecular formula is C20H22N4O2. The van der Waals surface area contributed by atoms with Crippen LogP contribution in [-0.2, 0) is 4.79 Å². The summed E-state index contributed by atoms with van der Waals surface area (Å²) in [5.41, 5.74) is 4.12. The molecule has 26 heavy (non-hydrogen) atoms. The maximum atomic E-state index is 12.2. The summed E-state index contributed by atoms with van der Waals surface area (Å²) in [5.74, 6) is 0.587. The lowest BCUT2D eigenvalue weighted by Crippen LogP contribution is -2.31. The summed E-state index contributed by atoms with van der Waals surface area (Å²) in [6, 6.07) is 13.5. The molecule has 0 saturated carbocycles. The summed E-state index contributed by atoms with van der Waals surface area (Å²) in [6.45, 7) is 5.95. The van der Waals surface area contributed by atoms with E-state index < -0.39 is 0 Å². The number of hydrogen-bond donors (Lipinski definition) is 1. The molecule has 0 radical (unpaired) electrons. The molecule has 6 nitrogen and oxygen atoms in total. The lowest BCUT2D eigenvalue weighted by Gasteiger charge is -2.16. The van der Waals surface area contributed by atoms with E-state index in [2.05, 4.69) is 15.4 Å². The topological polar surface area (TPSA) is 69.0 Å². The highest BCUT2D eigenvalue weighted by molar-refractivity contribution is 5.78. The molecule has 3 aromatic rings. The Kier molecular flexibility index (Phi) is 5.31. The fourth-order valence-corrected chi connectivity index (χ4v) is 2.65. The number of ether oxygens (including phenoxy) is 1. The number of nitrogens with zero attached hydrogens (tertiary/aromatic N) is 3. The van der Waals surface area contributed by atoms with Crippen LogP contribution in [0.25, 0.3) is 5.69 Å². The molecule has 1 aromatic heterocycles. The highest BCUT2D eigenvalue weighted by Gasteiger charge is 2.11. The van der Waals surface area contributed by atoms with Gasteiger partial charge in [-0.15, -0.1) is 0 Å². The van der Waals surface area contributed by atoms with Crippen LogP contribution in [0.15, 0.2) is 55.1 Å². The Morgan fingerprint density at radius 1 is 1.19 bits per heavy atom. The molecule has 0 fully saturated rings. The number of nitrogens with one attached hydrogen (secondary N) is 1. The molecule has 0 aliphatic heterocycles. The Morgan fingerprint density at radius 2 is 1.96 bits per heavy atom. The number of aryl methyl sites for hydroxylation is 1. The highest BCUT2D eigenvalue weighted by Crippen LogP contribution is 2.20. The van der Waals surface area contributed by atoms with Crippen LogP contribution < -0.4 is 10.1 Å². The molecule has 1 unspecified atom stereocenters. The van der Waals surface area contributed by atoms with E-state index in [1.54, 1.807) is 11.0 Å². The summed E-state index contributed by atoms with van der Waals surface area (Å²) in [4.78, 5) is 16.1. The number of amides is 1. The van der Waals surface area contributed by atoms with Crippen LogP contribution in [0.4, 0.5) is 0 Å². The first kappa shape index (κ1) is 17.7. The van der Waals surface area contributed by atoms with Crippen molar-refractivity contribution in [3.05, 3.63) is 71.8 Å². The number of hydrogen-bond acceptors (Lipinski definition) is 4. The summed E-state index contributed by atoms with van der Waals surface area (Å²) in [7, 11) is 0. The molecule has 0 aliphatic rings. The van der Waals surface area contributed by atoms with Crippen LogP contribution in [0, 0.1) is 13.8 Å². The third kappa shape index (κ3) is 4.08. The van der Waals surface area contributed by atoms with Crippen molar-refractivity contribution >= 4 is 5.91 Å². The fourth-order valence-electron chi connectivity index (χ4n) is 2.65. The van der Waals surface area contributed by atoms with Gasteiger partial charge in [0.25, 0.3) is 5.91 Å². The van der Waals surface area contributed by atoms with Gasteiger partial charge in [-0.05, 0) is 55.7 Å². The van der Waals surface area contributed by atoms with Crippen molar-refractivity contribution in [1.82, 2.24) is 20.1 Å². The van der Waals surface area contributed by atoms with Gasteiger partial charge in [0.2, 0.25) is 0 Å². The molecule has 0 bridgehead atoms. The van der Waals surface area contributed by atoms with E-state index in [1.807, 2.05) is 63.2 Å². The quantitative estimate of drug-likeness (QED) is 0.741. The van der Waals surface area contributed by atoms with E-state index in [0.717, 1.165) is 28.1 Å². The van der Waals surface area contributed by atoms with Gasteiger partial charge in [-0.25, -0.2) is 9.67 Å². The largest absolute Gasteiger partial charge is 0.483 e. The molecule has 134 valence electrons. The van der Waals surface area contributed by atoms with Crippen molar-refractivity contribution < 1.29 is 9.53 Å². The van der Waals surface area contributed by atoms with E-state index in [9.17, 15) is 4.79 Å². The van der Waals surface area contributed by atoms with Crippen LogP contribution in [0.5, 0.6) is 5.75 Å². The van der Waals surface area contributed by atoms with E-state index in [4.69, 9.17) is 4.74 Å². The van der Waals surface area contributed by atoms with Gasteiger partial charge < -0.3 is 10.1 Å². The lowest BCUT2D eigenvalue weighted by molar-refractivity contribution is -0.123. The molecule has 0 aliphatic carbocycles. The van der Waals surface area contributed by atoms with Gasteiger partial charge in [-0.3, -0.25) is 4.79 Å². The van der Waals surface area contributed by atoms with Gasteiger partial charge in [0.15, 0.2) is 6.61 Å². The minimum absolute atomic E-state index is 0.00826. The van der Waals surface area contributed by atoms with Crippen molar-refractivity contribution in [1.29, 1.82) is 0 Å². The van der Waals surface area contributed by atoms with Crippen molar-refractivity contribution in [3.8, 4) is 11.4 Å². The summed E-state index contributed by atoms with van der Waals surface area (Å²) < 4.78 is 7.34. The zero-order valence-electron chi connectivity index (χ0n) is 15.1. The molecule has 0 saturated heterocycles. The summed E-state index contributed by atoms with van der Waals surface area (Å²) >= 11 is 0. The molecule has 3 rings (SSSR count). The average Bonchev–Trinajstić information content (AvgIpc) is 3.18. The van der Waals surface area contributed by atoms with Gasteiger partial charge >= 0.3 is 0 Å². The van der Waals surface area contributed by atoms with Gasteiger partial charge in [0.05, 0.1) is 11.7 Å². The zero-order valence-corrected chi connectivity index (χ0v) is 15.1. The summed E-state index contributed by atoms with van der Waals surface area (Å²) in [5, 5.41) is 7.05. The van der Waals surface area contributed by atoms with Gasteiger partial charge in [0, 0.05) is 0 Å². The fraction of sp³-hybridized carbons (Fsp3) is 0.250. The molecular weight excluding hydrogens is 328 g/mol. The second kappa shape index (κ2) is 7.82. The molecule has 0 spiro atoms. The Hall–Kier alpha value is -3.15. The first-order valence-corrected chi connectivity index (χ1v) is 8.48. The SMILES string of the molecule is Cc1cccc(OCC(=O)NC(C)c2ccc(-n3cncn3)cc2)c1C. The molecule has 1 N–H and O–H groups in total. The van der Waals surface area contributed by atoms with Crippen molar-refractivity contribution in [3.63, 3.8) is 0 Å². The first-order chi connectivity index (χ1) is 12.5. The van der Waals surface area contributed by atoms with Crippen molar-refractivity contribution in [2.24, 2.45) is 0 Å². The number of rotatable bonds is 6. The molecule has 1 amide bonds. The van der Waals surface area contributed by atoms with Gasteiger partial charge in [-0.2, -0.15) is 5.10 Å². The zero-order chi connectivity index (χ0) is 18.5. The van der Waals surface area contributed by atoms with Crippen LogP contribution in [0.3, 0.4) is 0 Å². The minimum Gasteiger partial charge on any atom is -0.483 e. The van der Waals surface area contributed by atoms with E-state index in [-0.39, 0.29) is 18.6 Å². The monoisotopic (exact) mass is 350 g/mol. The van der Waals surface area contributed by atoms with E-state index >= 15 is 0 Å². The summed E-state index contributed by atoms with van der Waals surface area (Å²) in [6.07, 6.45) is 3.14. The molecule has 2 aromatic carbocycles. The maximum Gasteiger partial charge on any atom is 0.258 e. The lowest BCUT2D eigenvalue weighted by atomic mass is 10.1. The van der Waals surface area contributed by atoms with Crippen molar-refractivity contribution in [2.75, 3.05) is 6.61 Å². The molecule has 1 heterocycles. The van der Waals surface area contributed by atoms with Gasteiger partial charge in [-0.1, -0.05) is 24.3 Å². The Morgan fingerprint density at radius 3 is 2.65 bits per heavy atom. The Balaban J connectivity index is 1.56. The predicted octanol–water partition coefficient (Wildman–Crippen LogP) is 3.14. The smallest absolute Gasteiger partial charge is 0.258 e. The third-order valence-electron chi connectivity index (χ3n) is 4.37. The van der Waals surface area contributed by atoms with E-state index in [0.29, 0.717) is 0 Å². The molecule has 1 atom stereocenters. The van der Waals surface area contributed by atoms with Crippen LogP contribution in [0.1, 0.15) is 29.7 Å². The second-order valence-corrected chi connectivity index (χ2v) is 6.21. The molecule has 6 heteroatoms. The van der Waals surface area contributed by atoms with Gasteiger partial charge in [0.1, 0.15) is 18.4 Å². The number of benzene rings is 2.